The molecule has 3 nitrogen and oxygen atoms in total. The van der Waals surface area contributed by atoms with E-state index in [0.717, 1.165) is 34.9 Å². The highest BCUT2D eigenvalue weighted by molar-refractivity contribution is 6.07. The molecule has 2 aromatic carbocycles. The Bertz CT molecular complexity index is 590. The maximum Gasteiger partial charge on any atom is 0.136 e. The van der Waals surface area contributed by atoms with Crippen molar-refractivity contribution in [3.05, 3.63) is 42.0 Å². The van der Waals surface area contributed by atoms with E-state index in [9.17, 15) is 0 Å². The van der Waals surface area contributed by atoms with Gasteiger partial charge < -0.3 is 9.94 Å². The Kier molecular flexibility index (Phi) is 2.44. The van der Waals surface area contributed by atoms with Gasteiger partial charge in [-0.1, -0.05) is 35.5 Å². The first-order valence-corrected chi connectivity index (χ1v) is 5.76. The van der Waals surface area contributed by atoms with Crippen LogP contribution in [0, 0.1) is 0 Å². The number of benzene rings is 2. The van der Waals surface area contributed by atoms with E-state index in [-0.39, 0.29) is 0 Å². The molecule has 3 rings (SSSR count). The maximum atomic E-state index is 9.07. The second-order valence-electron chi connectivity index (χ2n) is 4.16. The van der Waals surface area contributed by atoms with E-state index < -0.39 is 0 Å². The Hall–Kier alpha value is -2.03. The van der Waals surface area contributed by atoms with Crippen LogP contribution in [-0.4, -0.2) is 17.5 Å². The van der Waals surface area contributed by atoms with Crippen molar-refractivity contribution >= 4 is 16.5 Å². The van der Waals surface area contributed by atoms with Gasteiger partial charge in [-0.25, -0.2) is 0 Å². The van der Waals surface area contributed by atoms with E-state index in [1.54, 1.807) is 0 Å². The predicted octanol–water partition coefficient (Wildman–Crippen LogP) is 3.19. The summed E-state index contributed by atoms with van der Waals surface area (Å²) in [6, 6.07) is 12.1. The fourth-order valence-corrected chi connectivity index (χ4v) is 2.28. The van der Waals surface area contributed by atoms with E-state index in [0.29, 0.717) is 12.3 Å². The van der Waals surface area contributed by atoms with Crippen molar-refractivity contribution in [2.24, 2.45) is 5.16 Å². The molecule has 17 heavy (non-hydrogen) atoms. The van der Waals surface area contributed by atoms with Gasteiger partial charge in [0.25, 0.3) is 0 Å². The molecule has 0 saturated carbocycles. The molecule has 1 N–H and O–H groups in total. The SMILES string of the molecule is O/N=C1/CCCOc2c1ccc1ccccc21. The van der Waals surface area contributed by atoms with Crippen LogP contribution in [0.5, 0.6) is 5.75 Å². The van der Waals surface area contributed by atoms with E-state index in [1.807, 2.05) is 30.3 Å². The first-order chi connectivity index (χ1) is 8.40. The average molecular weight is 227 g/mol. The van der Waals surface area contributed by atoms with Gasteiger partial charge in [0.1, 0.15) is 5.75 Å². The first kappa shape index (κ1) is 10.1. The van der Waals surface area contributed by atoms with Crippen LogP contribution in [0.15, 0.2) is 41.6 Å². The van der Waals surface area contributed by atoms with Crippen LogP contribution < -0.4 is 4.74 Å². The van der Waals surface area contributed by atoms with E-state index in [4.69, 9.17) is 9.94 Å². The molecule has 0 aliphatic carbocycles. The predicted molar refractivity (Wildman–Crippen MR) is 67.0 cm³/mol. The zero-order chi connectivity index (χ0) is 11.7. The highest BCUT2D eigenvalue weighted by Crippen LogP contribution is 2.32. The molecule has 1 heterocycles. The Morgan fingerprint density at radius 3 is 2.88 bits per heavy atom. The molecule has 0 atom stereocenters. The number of hydrogen-bond acceptors (Lipinski definition) is 3. The molecular formula is C14H13NO2. The molecule has 2 aromatic rings. The van der Waals surface area contributed by atoms with Crippen LogP contribution in [0.1, 0.15) is 18.4 Å². The summed E-state index contributed by atoms with van der Waals surface area (Å²) in [7, 11) is 0. The highest BCUT2D eigenvalue weighted by atomic mass is 16.5. The van der Waals surface area contributed by atoms with E-state index in [1.165, 1.54) is 0 Å². The first-order valence-electron chi connectivity index (χ1n) is 5.76. The molecule has 0 radical (unpaired) electrons. The Morgan fingerprint density at radius 1 is 1.12 bits per heavy atom. The largest absolute Gasteiger partial charge is 0.492 e. The molecule has 1 aliphatic heterocycles. The summed E-state index contributed by atoms with van der Waals surface area (Å²) in [5.74, 6) is 0.841. The lowest BCUT2D eigenvalue weighted by Crippen LogP contribution is -1.99. The van der Waals surface area contributed by atoms with Gasteiger partial charge in [0.15, 0.2) is 0 Å². The summed E-state index contributed by atoms with van der Waals surface area (Å²) in [6.45, 7) is 0.667. The van der Waals surface area contributed by atoms with Crippen molar-refractivity contribution < 1.29 is 9.94 Å². The van der Waals surface area contributed by atoms with Gasteiger partial charge >= 0.3 is 0 Å². The quantitative estimate of drug-likeness (QED) is 0.554. The Labute approximate surface area is 99.3 Å². The zero-order valence-corrected chi connectivity index (χ0v) is 9.39. The minimum atomic E-state index is 0.667. The van der Waals surface area contributed by atoms with Crippen LogP contribution in [-0.2, 0) is 0 Å². The lowest BCUT2D eigenvalue weighted by molar-refractivity contribution is 0.316. The summed E-state index contributed by atoms with van der Waals surface area (Å²) >= 11 is 0. The number of hydrogen-bond donors (Lipinski definition) is 1. The van der Waals surface area contributed by atoms with Crippen LogP contribution in [0.3, 0.4) is 0 Å². The number of rotatable bonds is 0. The summed E-state index contributed by atoms with van der Waals surface area (Å²) in [5.41, 5.74) is 1.62. The average Bonchev–Trinajstić information content (AvgIpc) is 2.60. The second kappa shape index (κ2) is 4.09. The third-order valence-electron chi connectivity index (χ3n) is 3.12. The van der Waals surface area contributed by atoms with Gasteiger partial charge in [-0.3, -0.25) is 0 Å². The van der Waals surface area contributed by atoms with Crippen molar-refractivity contribution in [2.75, 3.05) is 6.61 Å². The molecule has 0 saturated heterocycles. The molecule has 0 unspecified atom stereocenters. The normalized spacial score (nSPS) is 17.5. The summed E-state index contributed by atoms with van der Waals surface area (Å²) in [5, 5.41) is 14.7. The van der Waals surface area contributed by atoms with Crippen molar-refractivity contribution in [1.29, 1.82) is 0 Å². The van der Waals surface area contributed by atoms with Gasteiger partial charge in [-0.2, -0.15) is 0 Å². The topological polar surface area (TPSA) is 41.8 Å². The van der Waals surface area contributed by atoms with Crippen molar-refractivity contribution in [3.8, 4) is 5.75 Å². The smallest absolute Gasteiger partial charge is 0.136 e. The molecule has 3 heteroatoms. The van der Waals surface area contributed by atoms with Gasteiger partial charge in [0.2, 0.25) is 0 Å². The third-order valence-corrected chi connectivity index (χ3v) is 3.12. The highest BCUT2D eigenvalue weighted by Gasteiger charge is 2.17. The number of ether oxygens (including phenoxy) is 1. The van der Waals surface area contributed by atoms with E-state index in [2.05, 4.69) is 11.2 Å². The van der Waals surface area contributed by atoms with Crippen molar-refractivity contribution in [3.63, 3.8) is 0 Å². The van der Waals surface area contributed by atoms with Crippen LogP contribution in [0.2, 0.25) is 0 Å². The fourth-order valence-electron chi connectivity index (χ4n) is 2.28. The molecule has 0 spiro atoms. The molecular weight excluding hydrogens is 214 g/mol. The summed E-state index contributed by atoms with van der Waals surface area (Å²) in [6.07, 6.45) is 1.63. The molecule has 0 fully saturated rings. The maximum absolute atomic E-state index is 9.07. The summed E-state index contributed by atoms with van der Waals surface area (Å²) in [4.78, 5) is 0. The lowest BCUT2D eigenvalue weighted by atomic mass is 10.0. The molecule has 0 amide bonds. The minimum Gasteiger partial charge on any atom is -0.492 e. The summed E-state index contributed by atoms with van der Waals surface area (Å²) < 4.78 is 5.80. The zero-order valence-electron chi connectivity index (χ0n) is 9.39. The van der Waals surface area contributed by atoms with Crippen LogP contribution in [0.25, 0.3) is 10.8 Å². The minimum absolute atomic E-state index is 0.667. The van der Waals surface area contributed by atoms with Crippen LogP contribution in [0.4, 0.5) is 0 Å². The Morgan fingerprint density at radius 2 is 2.00 bits per heavy atom. The third kappa shape index (κ3) is 1.64. The molecule has 1 aliphatic rings. The van der Waals surface area contributed by atoms with Gasteiger partial charge in [-0.05, 0) is 24.3 Å². The lowest BCUT2D eigenvalue weighted by Gasteiger charge is -2.10. The van der Waals surface area contributed by atoms with Gasteiger partial charge in [0.05, 0.1) is 12.3 Å². The number of nitrogens with zero attached hydrogens (tertiary/aromatic N) is 1. The Balaban J connectivity index is 2.31. The van der Waals surface area contributed by atoms with Gasteiger partial charge in [0, 0.05) is 10.9 Å². The van der Waals surface area contributed by atoms with Gasteiger partial charge in [-0.15, -0.1) is 0 Å². The monoisotopic (exact) mass is 227 g/mol. The number of oxime groups is 1. The molecule has 86 valence electrons. The second-order valence-corrected chi connectivity index (χ2v) is 4.16. The van der Waals surface area contributed by atoms with E-state index >= 15 is 0 Å². The number of fused-ring (bicyclic) bond motifs is 3. The molecule has 0 aromatic heterocycles. The van der Waals surface area contributed by atoms with Crippen LogP contribution >= 0.6 is 0 Å². The standard InChI is InChI=1S/C14H13NO2/c16-15-13-6-3-9-17-14-11-5-2-1-4-10(11)7-8-12(13)14/h1-2,4-5,7-8,16H,3,6,9H2/b15-13-. The fraction of sp³-hybridized carbons (Fsp3) is 0.214. The molecule has 0 bridgehead atoms. The van der Waals surface area contributed by atoms with Crippen molar-refractivity contribution in [1.82, 2.24) is 0 Å². The van der Waals surface area contributed by atoms with Crippen molar-refractivity contribution in [2.45, 2.75) is 12.8 Å².